The van der Waals surface area contributed by atoms with Crippen molar-refractivity contribution in [2.45, 2.75) is 26.7 Å². The predicted molar refractivity (Wildman–Crippen MR) is 70.1 cm³/mol. The summed E-state index contributed by atoms with van der Waals surface area (Å²) in [4.78, 5) is 11.7. The molecule has 0 spiro atoms. The number of rotatable bonds is 5. The Labute approximate surface area is 102 Å². The summed E-state index contributed by atoms with van der Waals surface area (Å²) >= 11 is 0. The van der Waals surface area contributed by atoms with Crippen LogP contribution in [0.2, 0.25) is 0 Å². The second-order valence-corrected chi connectivity index (χ2v) is 4.12. The normalized spacial score (nSPS) is 10.3. The number of hydrogen-bond donors (Lipinski definition) is 2. The number of aryl methyl sites for hydroxylation is 1. The molecular weight excluding hydrogens is 216 g/mol. The first kappa shape index (κ1) is 13.5. The number of methoxy groups -OCH3 is 1. The Balaban J connectivity index is 2.68. The van der Waals surface area contributed by atoms with Crippen molar-refractivity contribution in [1.82, 2.24) is 0 Å². The maximum absolute atomic E-state index is 11.7. The fourth-order valence-corrected chi connectivity index (χ4v) is 1.58. The quantitative estimate of drug-likeness (QED) is 0.608. The van der Waals surface area contributed by atoms with Gasteiger partial charge in [-0.15, -0.1) is 0 Å². The van der Waals surface area contributed by atoms with Crippen molar-refractivity contribution in [2.24, 2.45) is 0 Å². The summed E-state index contributed by atoms with van der Waals surface area (Å²) in [6.07, 6.45) is 1.16. The lowest BCUT2D eigenvalue weighted by Gasteiger charge is -2.13. The highest BCUT2D eigenvalue weighted by Crippen LogP contribution is 2.25. The van der Waals surface area contributed by atoms with Crippen LogP contribution >= 0.6 is 0 Å². The number of nitrogen functional groups attached to an aromatic ring is 1. The van der Waals surface area contributed by atoms with Crippen LogP contribution in [-0.4, -0.2) is 19.6 Å². The second-order valence-electron chi connectivity index (χ2n) is 4.12. The zero-order chi connectivity index (χ0) is 12.8. The molecule has 17 heavy (non-hydrogen) atoms. The Kier molecular flexibility index (Phi) is 4.97. The van der Waals surface area contributed by atoms with E-state index >= 15 is 0 Å². The number of ether oxygens (including phenoxy) is 1. The Morgan fingerprint density at radius 3 is 2.76 bits per heavy atom. The standard InChI is InChI=1S/C13H20N2O2/c1-9-6-7-11(14)13(10(9)2)15-12(16)5-4-8-17-3/h6-7H,4-5,8,14H2,1-3H3,(H,15,16). The van der Waals surface area contributed by atoms with Gasteiger partial charge in [0.1, 0.15) is 0 Å². The average Bonchev–Trinajstić information content (AvgIpc) is 2.30. The first-order chi connectivity index (χ1) is 8.06. The highest BCUT2D eigenvalue weighted by Gasteiger charge is 2.09. The molecule has 4 nitrogen and oxygen atoms in total. The maximum atomic E-state index is 11.7. The van der Waals surface area contributed by atoms with Gasteiger partial charge in [0.15, 0.2) is 0 Å². The van der Waals surface area contributed by atoms with Crippen molar-refractivity contribution in [1.29, 1.82) is 0 Å². The summed E-state index contributed by atoms with van der Waals surface area (Å²) in [6.45, 7) is 4.54. The number of nitrogens with one attached hydrogen (secondary N) is 1. The van der Waals surface area contributed by atoms with Crippen LogP contribution in [0.25, 0.3) is 0 Å². The minimum absolute atomic E-state index is 0.0255. The van der Waals surface area contributed by atoms with Crippen molar-refractivity contribution in [3.05, 3.63) is 23.3 Å². The van der Waals surface area contributed by atoms with Crippen molar-refractivity contribution in [3.63, 3.8) is 0 Å². The predicted octanol–water partition coefficient (Wildman–Crippen LogP) is 2.25. The van der Waals surface area contributed by atoms with Gasteiger partial charge in [0, 0.05) is 20.1 Å². The summed E-state index contributed by atoms with van der Waals surface area (Å²) in [7, 11) is 1.63. The molecule has 0 radical (unpaired) electrons. The number of anilines is 2. The molecule has 1 amide bonds. The Morgan fingerprint density at radius 1 is 1.41 bits per heavy atom. The molecule has 0 aliphatic heterocycles. The van der Waals surface area contributed by atoms with E-state index in [-0.39, 0.29) is 5.91 Å². The Bertz CT molecular complexity index is 403. The topological polar surface area (TPSA) is 64.3 Å². The fourth-order valence-electron chi connectivity index (χ4n) is 1.58. The molecule has 0 fully saturated rings. The molecule has 0 bridgehead atoms. The molecular formula is C13H20N2O2. The summed E-state index contributed by atoms with van der Waals surface area (Å²) in [5.74, 6) is -0.0255. The van der Waals surface area contributed by atoms with E-state index in [1.807, 2.05) is 26.0 Å². The van der Waals surface area contributed by atoms with Crippen molar-refractivity contribution in [3.8, 4) is 0 Å². The molecule has 4 heteroatoms. The molecule has 3 N–H and O–H groups in total. The molecule has 1 aromatic rings. The fraction of sp³-hybridized carbons (Fsp3) is 0.462. The molecule has 1 aromatic carbocycles. The number of carbonyl (C=O) groups is 1. The van der Waals surface area contributed by atoms with E-state index in [1.54, 1.807) is 7.11 Å². The van der Waals surface area contributed by atoms with Gasteiger partial charge in [-0.25, -0.2) is 0 Å². The summed E-state index contributed by atoms with van der Waals surface area (Å²) < 4.78 is 4.90. The highest BCUT2D eigenvalue weighted by atomic mass is 16.5. The first-order valence-electron chi connectivity index (χ1n) is 5.70. The molecule has 0 unspecified atom stereocenters. The van der Waals surface area contributed by atoms with Gasteiger partial charge in [0.2, 0.25) is 5.91 Å². The molecule has 0 aliphatic rings. The first-order valence-corrected chi connectivity index (χ1v) is 5.70. The number of nitrogens with two attached hydrogens (primary N) is 1. The summed E-state index contributed by atoms with van der Waals surface area (Å²) in [5.41, 5.74) is 9.32. The van der Waals surface area contributed by atoms with Gasteiger partial charge in [-0.05, 0) is 37.5 Å². The van der Waals surface area contributed by atoms with Gasteiger partial charge in [0.05, 0.1) is 11.4 Å². The third-order valence-electron chi connectivity index (χ3n) is 2.78. The van der Waals surface area contributed by atoms with E-state index in [0.717, 1.165) is 16.8 Å². The third-order valence-corrected chi connectivity index (χ3v) is 2.78. The van der Waals surface area contributed by atoms with E-state index in [9.17, 15) is 4.79 Å². The van der Waals surface area contributed by atoms with Crippen molar-refractivity contribution >= 4 is 17.3 Å². The van der Waals surface area contributed by atoms with Crippen LogP contribution in [0.15, 0.2) is 12.1 Å². The van der Waals surface area contributed by atoms with Gasteiger partial charge in [0.25, 0.3) is 0 Å². The zero-order valence-corrected chi connectivity index (χ0v) is 10.7. The molecule has 0 aliphatic carbocycles. The van der Waals surface area contributed by atoms with Gasteiger partial charge < -0.3 is 15.8 Å². The third kappa shape index (κ3) is 3.75. The average molecular weight is 236 g/mol. The largest absolute Gasteiger partial charge is 0.397 e. The molecule has 0 atom stereocenters. The lowest BCUT2D eigenvalue weighted by atomic mass is 10.1. The molecule has 0 saturated heterocycles. The van der Waals surface area contributed by atoms with Crippen molar-refractivity contribution < 1.29 is 9.53 Å². The van der Waals surface area contributed by atoms with E-state index in [1.165, 1.54) is 0 Å². The lowest BCUT2D eigenvalue weighted by molar-refractivity contribution is -0.116. The summed E-state index contributed by atoms with van der Waals surface area (Å²) in [6, 6.07) is 3.76. The van der Waals surface area contributed by atoms with Crippen LogP contribution in [0, 0.1) is 13.8 Å². The molecule has 94 valence electrons. The van der Waals surface area contributed by atoms with Gasteiger partial charge in [-0.2, -0.15) is 0 Å². The number of carbonyl (C=O) groups excluding carboxylic acids is 1. The SMILES string of the molecule is COCCCC(=O)Nc1c(N)ccc(C)c1C. The highest BCUT2D eigenvalue weighted by molar-refractivity contribution is 5.95. The molecule has 1 rings (SSSR count). The van der Waals surface area contributed by atoms with E-state index in [4.69, 9.17) is 10.5 Å². The molecule has 0 saturated carbocycles. The van der Waals surface area contributed by atoms with Gasteiger partial charge in [-0.1, -0.05) is 6.07 Å². The van der Waals surface area contributed by atoms with Gasteiger partial charge in [-0.3, -0.25) is 4.79 Å². The molecule has 0 heterocycles. The maximum Gasteiger partial charge on any atom is 0.224 e. The number of hydrogen-bond acceptors (Lipinski definition) is 3. The Morgan fingerprint density at radius 2 is 2.12 bits per heavy atom. The van der Waals surface area contributed by atoms with Crippen LogP contribution in [0.1, 0.15) is 24.0 Å². The number of amides is 1. The van der Waals surface area contributed by atoms with Gasteiger partial charge >= 0.3 is 0 Å². The van der Waals surface area contributed by atoms with Crippen LogP contribution in [0.3, 0.4) is 0 Å². The molecule has 0 aromatic heterocycles. The number of benzene rings is 1. The smallest absolute Gasteiger partial charge is 0.224 e. The minimum atomic E-state index is -0.0255. The van der Waals surface area contributed by atoms with Crippen LogP contribution in [0.4, 0.5) is 11.4 Å². The minimum Gasteiger partial charge on any atom is -0.397 e. The van der Waals surface area contributed by atoms with E-state index < -0.39 is 0 Å². The monoisotopic (exact) mass is 236 g/mol. The van der Waals surface area contributed by atoms with E-state index in [2.05, 4.69) is 5.32 Å². The van der Waals surface area contributed by atoms with Crippen LogP contribution in [-0.2, 0) is 9.53 Å². The zero-order valence-electron chi connectivity index (χ0n) is 10.7. The summed E-state index contributed by atoms with van der Waals surface area (Å²) in [5, 5.41) is 2.86. The van der Waals surface area contributed by atoms with Crippen LogP contribution in [0.5, 0.6) is 0 Å². The Hall–Kier alpha value is -1.55. The van der Waals surface area contributed by atoms with E-state index in [0.29, 0.717) is 25.1 Å². The second kappa shape index (κ2) is 6.25. The lowest BCUT2D eigenvalue weighted by Crippen LogP contribution is -2.14. The van der Waals surface area contributed by atoms with Crippen molar-refractivity contribution in [2.75, 3.05) is 24.8 Å². The van der Waals surface area contributed by atoms with Crippen LogP contribution < -0.4 is 11.1 Å².